The second kappa shape index (κ2) is 7.66. The van der Waals surface area contributed by atoms with Crippen molar-refractivity contribution in [3.05, 3.63) is 71.3 Å². The van der Waals surface area contributed by atoms with Crippen molar-refractivity contribution in [3.63, 3.8) is 0 Å². The van der Waals surface area contributed by atoms with E-state index in [-0.39, 0.29) is 11.9 Å². The number of carbonyl (C=O) groups excluding carboxylic acids is 1. The first-order valence-corrected chi connectivity index (χ1v) is 9.92. The highest BCUT2D eigenvalue weighted by Gasteiger charge is 2.42. The van der Waals surface area contributed by atoms with E-state index in [1.165, 1.54) is 0 Å². The fourth-order valence-corrected chi connectivity index (χ4v) is 4.21. The number of aryl methyl sites for hydroxylation is 2. The van der Waals surface area contributed by atoms with Gasteiger partial charge in [0.15, 0.2) is 5.82 Å². The molecule has 29 heavy (non-hydrogen) atoms. The van der Waals surface area contributed by atoms with Gasteiger partial charge in [-0.1, -0.05) is 54.6 Å². The molecule has 0 radical (unpaired) electrons. The van der Waals surface area contributed by atoms with Crippen LogP contribution in [0.2, 0.25) is 0 Å². The molecular weight excluding hydrogens is 362 g/mol. The number of fused-ring (bicyclic) bond motifs is 1. The summed E-state index contributed by atoms with van der Waals surface area (Å²) >= 11 is 0. The number of esters is 1. The van der Waals surface area contributed by atoms with Gasteiger partial charge >= 0.3 is 5.97 Å². The third kappa shape index (κ3) is 3.27. The standard InChI is InChI=1S/C24H25N3O2/c1-5-29-24(28)19-16(3)25-23-21(20(19)18-14-10-9-11-15(18)2)22(26-27(23)4)17-12-7-6-8-13-17/h6-14,19-20H,5H2,1-4H3. The number of carbonyl (C=O) groups is 1. The number of nitrogens with zero attached hydrogens (tertiary/aromatic N) is 3. The van der Waals surface area contributed by atoms with Crippen molar-refractivity contribution in [3.8, 4) is 11.3 Å². The number of benzene rings is 2. The van der Waals surface area contributed by atoms with Crippen molar-refractivity contribution in [1.82, 2.24) is 9.78 Å². The Kier molecular flexibility index (Phi) is 5.05. The van der Waals surface area contributed by atoms with Crippen LogP contribution in [0.15, 0.2) is 59.6 Å². The van der Waals surface area contributed by atoms with Crippen molar-refractivity contribution in [2.45, 2.75) is 26.7 Å². The van der Waals surface area contributed by atoms with Gasteiger partial charge in [-0.25, -0.2) is 4.99 Å². The Hall–Kier alpha value is -3.21. The highest BCUT2D eigenvalue weighted by atomic mass is 16.5. The van der Waals surface area contributed by atoms with Crippen LogP contribution in [0.1, 0.15) is 36.5 Å². The van der Waals surface area contributed by atoms with E-state index in [1.807, 2.05) is 68.0 Å². The lowest BCUT2D eigenvalue weighted by Gasteiger charge is -2.31. The highest BCUT2D eigenvalue weighted by Crippen LogP contribution is 2.47. The fourth-order valence-electron chi connectivity index (χ4n) is 4.21. The average molecular weight is 387 g/mol. The molecule has 2 atom stereocenters. The van der Waals surface area contributed by atoms with E-state index in [0.717, 1.165) is 39.5 Å². The van der Waals surface area contributed by atoms with Gasteiger partial charge in [0.2, 0.25) is 0 Å². The molecule has 2 unspecified atom stereocenters. The SMILES string of the molecule is CCOC(=O)C1C(C)=Nc2c(c(-c3ccccc3)nn2C)C1c1ccccc1C. The Morgan fingerprint density at radius 1 is 1.07 bits per heavy atom. The van der Waals surface area contributed by atoms with Gasteiger partial charge in [-0.3, -0.25) is 9.48 Å². The van der Waals surface area contributed by atoms with E-state index in [9.17, 15) is 4.79 Å². The van der Waals surface area contributed by atoms with Crippen molar-refractivity contribution in [1.29, 1.82) is 0 Å². The van der Waals surface area contributed by atoms with Crippen LogP contribution in [-0.4, -0.2) is 28.1 Å². The average Bonchev–Trinajstić information content (AvgIpc) is 3.04. The number of hydrogen-bond acceptors (Lipinski definition) is 4. The monoisotopic (exact) mass is 387 g/mol. The quantitative estimate of drug-likeness (QED) is 0.604. The lowest BCUT2D eigenvalue weighted by Crippen LogP contribution is -2.33. The van der Waals surface area contributed by atoms with E-state index >= 15 is 0 Å². The van der Waals surface area contributed by atoms with E-state index in [1.54, 1.807) is 0 Å². The minimum Gasteiger partial charge on any atom is -0.465 e. The van der Waals surface area contributed by atoms with Crippen LogP contribution in [0.3, 0.4) is 0 Å². The maximum absolute atomic E-state index is 13.0. The topological polar surface area (TPSA) is 56.5 Å². The molecule has 0 spiro atoms. The molecule has 4 rings (SSSR count). The van der Waals surface area contributed by atoms with Crippen molar-refractivity contribution in [2.24, 2.45) is 18.0 Å². The predicted octanol–water partition coefficient (Wildman–Crippen LogP) is 4.81. The van der Waals surface area contributed by atoms with Crippen LogP contribution >= 0.6 is 0 Å². The second-order valence-electron chi connectivity index (χ2n) is 7.39. The molecule has 148 valence electrons. The summed E-state index contributed by atoms with van der Waals surface area (Å²) in [4.78, 5) is 17.8. The summed E-state index contributed by atoms with van der Waals surface area (Å²) in [5, 5.41) is 4.80. The molecule has 5 nitrogen and oxygen atoms in total. The first-order chi connectivity index (χ1) is 14.0. The summed E-state index contributed by atoms with van der Waals surface area (Å²) in [6.45, 7) is 6.16. The van der Waals surface area contributed by atoms with Crippen LogP contribution in [0, 0.1) is 12.8 Å². The molecule has 3 aromatic rings. The third-order valence-corrected chi connectivity index (χ3v) is 5.54. The molecule has 1 aliphatic heterocycles. The molecule has 1 aliphatic rings. The van der Waals surface area contributed by atoms with Gasteiger partial charge in [0.25, 0.3) is 0 Å². The largest absolute Gasteiger partial charge is 0.465 e. The van der Waals surface area contributed by atoms with Crippen LogP contribution < -0.4 is 0 Å². The smallest absolute Gasteiger partial charge is 0.315 e. The Morgan fingerprint density at radius 2 is 1.76 bits per heavy atom. The predicted molar refractivity (Wildman–Crippen MR) is 115 cm³/mol. The molecule has 5 heteroatoms. The molecule has 0 saturated carbocycles. The van der Waals surface area contributed by atoms with E-state index in [4.69, 9.17) is 14.8 Å². The van der Waals surface area contributed by atoms with E-state index < -0.39 is 5.92 Å². The van der Waals surface area contributed by atoms with Crippen molar-refractivity contribution in [2.75, 3.05) is 6.61 Å². The van der Waals surface area contributed by atoms with Crippen LogP contribution in [0.25, 0.3) is 11.3 Å². The Bertz CT molecular complexity index is 1080. The van der Waals surface area contributed by atoms with Gasteiger partial charge in [0, 0.05) is 29.8 Å². The minimum absolute atomic E-state index is 0.202. The Morgan fingerprint density at radius 3 is 2.45 bits per heavy atom. The van der Waals surface area contributed by atoms with Gasteiger partial charge in [0.05, 0.1) is 12.3 Å². The second-order valence-corrected chi connectivity index (χ2v) is 7.39. The van der Waals surface area contributed by atoms with Gasteiger partial charge in [-0.2, -0.15) is 5.10 Å². The fraction of sp³-hybridized carbons (Fsp3) is 0.292. The lowest BCUT2D eigenvalue weighted by molar-refractivity contribution is -0.146. The Balaban J connectivity index is 2.01. The zero-order chi connectivity index (χ0) is 20.5. The molecule has 2 aromatic carbocycles. The highest BCUT2D eigenvalue weighted by molar-refractivity contribution is 6.05. The third-order valence-electron chi connectivity index (χ3n) is 5.54. The van der Waals surface area contributed by atoms with Gasteiger partial charge < -0.3 is 4.74 Å². The number of aromatic nitrogens is 2. The molecule has 0 fully saturated rings. The maximum Gasteiger partial charge on any atom is 0.315 e. The maximum atomic E-state index is 13.0. The van der Waals surface area contributed by atoms with Crippen molar-refractivity contribution < 1.29 is 9.53 Å². The first-order valence-electron chi connectivity index (χ1n) is 9.92. The van der Waals surface area contributed by atoms with E-state index in [0.29, 0.717) is 6.61 Å². The molecule has 0 N–H and O–H groups in total. The number of hydrogen-bond donors (Lipinski definition) is 0. The zero-order valence-corrected chi connectivity index (χ0v) is 17.2. The molecule has 1 aromatic heterocycles. The summed E-state index contributed by atoms with van der Waals surface area (Å²) in [5.74, 6) is -0.118. The molecule has 0 amide bonds. The summed E-state index contributed by atoms with van der Waals surface area (Å²) in [5.41, 5.74) is 5.85. The lowest BCUT2D eigenvalue weighted by atomic mass is 9.74. The molecule has 0 aliphatic carbocycles. The van der Waals surface area contributed by atoms with Crippen LogP contribution in [0.4, 0.5) is 5.82 Å². The summed E-state index contributed by atoms with van der Waals surface area (Å²) < 4.78 is 7.28. The summed E-state index contributed by atoms with van der Waals surface area (Å²) in [6.07, 6.45) is 0. The molecular formula is C24H25N3O2. The van der Waals surface area contributed by atoms with Gasteiger partial charge in [0.1, 0.15) is 5.92 Å². The van der Waals surface area contributed by atoms with Crippen molar-refractivity contribution >= 4 is 17.5 Å². The summed E-state index contributed by atoms with van der Waals surface area (Å²) in [6, 6.07) is 18.3. The van der Waals surface area contributed by atoms with Gasteiger partial charge in [-0.05, 0) is 31.9 Å². The summed E-state index contributed by atoms with van der Waals surface area (Å²) in [7, 11) is 1.90. The molecule has 0 bridgehead atoms. The first kappa shape index (κ1) is 19.1. The minimum atomic E-state index is -0.477. The van der Waals surface area contributed by atoms with E-state index in [2.05, 4.69) is 19.1 Å². The zero-order valence-electron chi connectivity index (χ0n) is 17.2. The number of aliphatic imine (C=N–C) groups is 1. The van der Waals surface area contributed by atoms with Gasteiger partial charge in [-0.15, -0.1) is 0 Å². The molecule has 0 saturated heterocycles. The molecule has 2 heterocycles. The van der Waals surface area contributed by atoms with Crippen LogP contribution in [0.5, 0.6) is 0 Å². The number of rotatable bonds is 4. The number of ether oxygens (including phenoxy) is 1. The Labute approximate surface area is 171 Å². The normalized spacial score (nSPS) is 18.1. The van der Waals surface area contributed by atoms with Crippen LogP contribution in [-0.2, 0) is 16.6 Å².